The number of hydrogen-bond donors (Lipinski definition) is 4. The number of aryl methyl sites for hydroxylation is 1. The first-order valence-electron chi connectivity index (χ1n) is 14.3. The first-order chi connectivity index (χ1) is 22.2. The Bertz CT molecular complexity index is 1670. The van der Waals surface area contributed by atoms with Crippen molar-refractivity contribution in [3.05, 3.63) is 136 Å². The van der Waals surface area contributed by atoms with Crippen LogP contribution >= 0.6 is 11.6 Å². The van der Waals surface area contributed by atoms with Crippen LogP contribution in [-0.2, 0) is 32.0 Å². The van der Waals surface area contributed by atoms with Crippen molar-refractivity contribution in [3.63, 3.8) is 0 Å². The summed E-state index contributed by atoms with van der Waals surface area (Å²) in [5.41, 5.74) is 2.21. The van der Waals surface area contributed by atoms with Crippen LogP contribution in [-0.4, -0.2) is 52.9 Å². The second kappa shape index (κ2) is 16.5. The maximum atomic E-state index is 13.8. The van der Waals surface area contributed by atoms with Gasteiger partial charge in [0.05, 0.1) is 7.11 Å². The molecule has 0 spiro atoms. The minimum atomic E-state index is -1.15. The molecule has 4 rings (SSSR count). The van der Waals surface area contributed by atoms with Crippen LogP contribution in [0.4, 0.5) is 5.95 Å². The van der Waals surface area contributed by atoms with Crippen LogP contribution in [0.15, 0.2) is 109 Å². The number of rotatable bonds is 13. The van der Waals surface area contributed by atoms with Crippen molar-refractivity contribution in [2.45, 2.75) is 31.8 Å². The van der Waals surface area contributed by atoms with E-state index in [1.54, 1.807) is 55.5 Å². The van der Waals surface area contributed by atoms with Gasteiger partial charge in [-0.25, -0.2) is 14.8 Å². The quantitative estimate of drug-likeness (QED) is 0.0980. The van der Waals surface area contributed by atoms with Gasteiger partial charge in [-0.2, -0.15) is 0 Å². The summed E-state index contributed by atoms with van der Waals surface area (Å²) in [6.07, 6.45) is 1.47. The maximum absolute atomic E-state index is 13.8. The summed E-state index contributed by atoms with van der Waals surface area (Å²) >= 11 is 6.06. The summed E-state index contributed by atoms with van der Waals surface area (Å²) in [6, 6.07) is 25.9. The molecule has 1 heterocycles. The van der Waals surface area contributed by atoms with Gasteiger partial charge in [-0.1, -0.05) is 90.5 Å². The van der Waals surface area contributed by atoms with E-state index in [0.29, 0.717) is 11.3 Å². The van der Waals surface area contributed by atoms with E-state index in [-0.39, 0.29) is 29.6 Å². The number of nitrogens with one attached hydrogen (secondary N) is 4. The van der Waals surface area contributed by atoms with Gasteiger partial charge in [0.2, 0.25) is 11.9 Å². The van der Waals surface area contributed by atoms with Crippen LogP contribution in [0.3, 0.4) is 0 Å². The fourth-order valence-electron chi connectivity index (χ4n) is 4.43. The van der Waals surface area contributed by atoms with Crippen LogP contribution in [0, 0.1) is 6.92 Å². The van der Waals surface area contributed by atoms with E-state index in [1.165, 1.54) is 13.3 Å². The fourth-order valence-corrected chi connectivity index (χ4v) is 4.66. The second-order valence-electron chi connectivity index (χ2n) is 10.2. The van der Waals surface area contributed by atoms with E-state index in [2.05, 4.69) is 31.2 Å². The number of hydrogen-bond acceptors (Lipinski definition) is 8. The molecule has 0 aliphatic rings. The van der Waals surface area contributed by atoms with Crippen molar-refractivity contribution < 1.29 is 23.9 Å². The van der Waals surface area contributed by atoms with Crippen molar-refractivity contribution in [1.29, 1.82) is 0 Å². The van der Waals surface area contributed by atoms with Crippen LogP contribution in [0.1, 0.15) is 27.2 Å². The predicted octanol–water partition coefficient (Wildman–Crippen LogP) is 3.75. The van der Waals surface area contributed by atoms with Crippen LogP contribution < -0.4 is 21.3 Å². The molecule has 236 valence electrons. The maximum Gasteiger partial charge on any atom is 0.328 e. The number of nitrogens with zero attached hydrogens (tertiary/aromatic N) is 2. The van der Waals surface area contributed by atoms with E-state index in [1.807, 2.05) is 48.5 Å². The van der Waals surface area contributed by atoms with E-state index in [9.17, 15) is 19.2 Å². The number of anilines is 1. The van der Waals surface area contributed by atoms with E-state index in [4.69, 9.17) is 16.3 Å². The zero-order valence-corrected chi connectivity index (χ0v) is 26.0. The molecule has 0 saturated heterocycles. The molecule has 12 heteroatoms. The normalized spacial score (nSPS) is 12.3. The molecule has 46 heavy (non-hydrogen) atoms. The van der Waals surface area contributed by atoms with Gasteiger partial charge in [0, 0.05) is 30.3 Å². The standard InChI is InChI=1S/C34H33ClN6O5/c1-22-18-29(35)41-34(37-22)36-21-28(40-30(42)25-16-10-5-11-17-25)32(44)38-26(19-23-12-6-3-7-13-23)31(43)39-27(33(45)46-2)20-24-14-8-4-9-15-24/h3-18,21,26-27H,19-20H2,1-2H3,(H,38,44)(H,39,43)(H,40,42)(H,36,37,41)/b28-21-/t26-,27-/m0/s1. The number of halogens is 1. The highest BCUT2D eigenvalue weighted by molar-refractivity contribution is 6.29. The van der Waals surface area contributed by atoms with Crippen molar-refractivity contribution >= 4 is 41.2 Å². The Morgan fingerprint density at radius 1 is 0.804 bits per heavy atom. The van der Waals surface area contributed by atoms with Gasteiger partial charge in [0.15, 0.2) is 0 Å². The second-order valence-corrected chi connectivity index (χ2v) is 10.6. The minimum Gasteiger partial charge on any atom is -0.467 e. The Morgan fingerprint density at radius 2 is 1.37 bits per heavy atom. The number of carbonyl (C=O) groups is 4. The highest BCUT2D eigenvalue weighted by Gasteiger charge is 2.29. The Labute approximate surface area is 271 Å². The van der Waals surface area contributed by atoms with Gasteiger partial charge in [-0.3, -0.25) is 14.4 Å². The van der Waals surface area contributed by atoms with Gasteiger partial charge in [0.1, 0.15) is 22.9 Å². The molecule has 0 aliphatic heterocycles. The Kier molecular flexibility index (Phi) is 12.0. The summed E-state index contributed by atoms with van der Waals surface area (Å²) in [5.74, 6) is -2.53. The number of amides is 3. The molecule has 3 amide bonds. The molecule has 0 unspecified atom stereocenters. The molecule has 3 aromatic carbocycles. The molecule has 0 aliphatic carbocycles. The average molecular weight is 641 g/mol. The van der Waals surface area contributed by atoms with Crippen molar-refractivity contribution in [2.24, 2.45) is 0 Å². The molecule has 0 saturated carbocycles. The summed E-state index contributed by atoms with van der Waals surface area (Å²) < 4.78 is 4.95. The Morgan fingerprint density at radius 3 is 1.93 bits per heavy atom. The molecule has 11 nitrogen and oxygen atoms in total. The van der Waals surface area contributed by atoms with Crippen LogP contribution in [0.25, 0.3) is 0 Å². The molecule has 4 aromatic rings. The third-order valence-electron chi connectivity index (χ3n) is 6.69. The van der Waals surface area contributed by atoms with Gasteiger partial charge >= 0.3 is 5.97 Å². The lowest BCUT2D eigenvalue weighted by molar-refractivity contribution is -0.145. The number of benzene rings is 3. The average Bonchev–Trinajstić information content (AvgIpc) is 3.06. The van der Waals surface area contributed by atoms with E-state index < -0.39 is 35.8 Å². The number of esters is 1. The summed E-state index contributed by atoms with van der Waals surface area (Å²) in [7, 11) is 1.24. The fraction of sp³-hybridized carbons (Fsp3) is 0.176. The third kappa shape index (κ3) is 10.00. The highest BCUT2D eigenvalue weighted by atomic mass is 35.5. The minimum absolute atomic E-state index is 0.0849. The first-order valence-corrected chi connectivity index (χ1v) is 14.7. The number of ether oxygens (including phenoxy) is 1. The molecular weight excluding hydrogens is 608 g/mol. The molecule has 0 radical (unpaired) electrons. The molecule has 4 N–H and O–H groups in total. The Hall–Kier alpha value is -5.55. The summed E-state index contributed by atoms with van der Waals surface area (Å²) in [4.78, 5) is 61.6. The van der Waals surface area contributed by atoms with E-state index in [0.717, 1.165) is 11.1 Å². The van der Waals surface area contributed by atoms with Crippen molar-refractivity contribution in [1.82, 2.24) is 25.9 Å². The predicted molar refractivity (Wildman–Crippen MR) is 174 cm³/mol. The zero-order valence-electron chi connectivity index (χ0n) is 25.2. The van der Waals surface area contributed by atoms with Crippen molar-refractivity contribution in [3.8, 4) is 0 Å². The van der Waals surface area contributed by atoms with Crippen molar-refractivity contribution in [2.75, 3.05) is 12.4 Å². The zero-order chi connectivity index (χ0) is 32.9. The number of carbonyl (C=O) groups excluding carboxylic acids is 4. The number of methoxy groups -OCH3 is 1. The first kappa shape index (κ1) is 33.3. The number of aromatic nitrogens is 2. The molecule has 2 atom stereocenters. The largest absolute Gasteiger partial charge is 0.467 e. The van der Waals surface area contributed by atoms with Gasteiger partial charge in [-0.15, -0.1) is 0 Å². The SMILES string of the molecule is COC(=O)[C@H](Cc1ccccc1)NC(=O)[C@H](Cc1ccccc1)NC(=O)/C(=C/Nc1nc(C)cc(Cl)n1)NC(=O)c1ccccc1. The van der Waals surface area contributed by atoms with Crippen LogP contribution in [0.2, 0.25) is 5.15 Å². The van der Waals surface area contributed by atoms with E-state index >= 15 is 0 Å². The molecule has 0 fully saturated rings. The Balaban J connectivity index is 1.61. The molecular formula is C34H33ClN6O5. The lowest BCUT2D eigenvalue weighted by Crippen LogP contribution is -2.54. The summed E-state index contributed by atoms with van der Waals surface area (Å²) in [6.45, 7) is 1.72. The lowest BCUT2D eigenvalue weighted by Gasteiger charge is -2.23. The van der Waals surface area contributed by atoms with Gasteiger partial charge < -0.3 is 26.0 Å². The lowest BCUT2D eigenvalue weighted by atomic mass is 10.0. The van der Waals surface area contributed by atoms with Gasteiger partial charge in [-0.05, 0) is 36.2 Å². The summed E-state index contributed by atoms with van der Waals surface area (Å²) in [5, 5.41) is 11.0. The monoisotopic (exact) mass is 640 g/mol. The topological polar surface area (TPSA) is 151 Å². The molecule has 1 aromatic heterocycles. The highest BCUT2D eigenvalue weighted by Crippen LogP contribution is 2.12. The van der Waals surface area contributed by atoms with Crippen LogP contribution in [0.5, 0.6) is 0 Å². The smallest absolute Gasteiger partial charge is 0.328 e. The third-order valence-corrected chi connectivity index (χ3v) is 6.88. The molecule has 0 bridgehead atoms. The van der Waals surface area contributed by atoms with Gasteiger partial charge in [0.25, 0.3) is 11.8 Å².